The molecule has 4 heteroatoms. The van der Waals surface area contributed by atoms with Gasteiger partial charge in [0.15, 0.2) is 11.9 Å². The fraction of sp³-hybridized carbons (Fsp3) is 0.591. The van der Waals surface area contributed by atoms with Crippen LogP contribution in [0, 0.1) is 17.8 Å². The summed E-state index contributed by atoms with van der Waals surface area (Å²) in [7, 11) is 0. The molecule has 1 aliphatic carbocycles. The maximum atomic E-state index is 12.2. The topological polar surface area (TPSA) is 74.6 Å². The molecule has 0 aromatic rings. The Morgan fingerprint density at radius 1 is 1.35 bits per heavy atom. The van der Waals surface area contributed by atoms with Gasteiger partial charge in [-0.05, 0) is 43.4 Å². The van der Waals surface area contributed by atoms with Gasteiger partial charge in [-0.25, -0.2) is 4.79 Å². The summed E-state index contributed by atoms with van der Waals surface area (Å²) in [5.74, 6) is -1.61. The Hall–Kier alpha value is -1.90. The number of allylic oxidation sites excluding steroid dienone is 4. The predicted octanol–water partition coefficient (Wildman–Crippen LogP) is 4.46. The zero-order valence-corrected chi connectivity index (χ0v) is 16.1. The summed E-state index contributed by atoms with van der Waals surface area (Å²) in [5, 5.41) is 18.4. The Morgan fingerprint density at radius 3 is 2.69 bits per heavy atom. The van der Waals surface area contributed by atoms with Crippen LogP contribution in [0.4, 0.5) is 0 Å². The normalized spacial score (nSPS) is 21.6. The second-order valence-electron chi connectivity index (χ2n) is 6.98. The molecule has 0 saturated carbocycles. The fourth-order valence-corrected chi connectivity index (χ4v) is 2.99. The fourth-order valence-electron chi connectivity index (χ4n) is 2.99. The average Bonchev–Trinajstić information content (AvgIpc) is 2.97. The molecule has 1 rings (SSSR count). The molecule has 0 aliphatic heterocycles. The highest BCUT2D eigenvalue weighted by Gasteiger charge is 2.28. The highest BCUT2D eigenvalue weighted by Crippen LogP contribution is 2.30. The van der Waals surface area contributed by atoms with Gasteiger partial charge >= 0.3 is 5.97 Å². The van der Waals surface area contributed by atoms with Crippen molar-refractivity contribution >= 4 is 11.8 Å². The van der Waals surface area contributed by atoms with E-state index in [4.69, 9.17) is 5.11 Å². The van der Waals surface area contributed by atoms with E-state index in [2.05, 4.69) is 24.8 Å². The maximum Gasteiger partial charge on any atom is 0.333 e. The van der Waals surface area contributed by atoms with E-state index in [1.165, 1.54) is 19.3 Å². The van der Waals surface area contributed by atoms with E-state index >= 15 is 0 Å². The van der Waals surface area contributed by atoms with Crippen LogP contribution in [-0.4, -0.2) is 28.1 Å². The highest BCUT2D eigenvalue weighted by atomic mass is 16.4. The number of carbonyl (C=O) groups excluding carboxylic acids is 1. The van der Waals surface area contributed by atoms with Crippen LogP contribution in [0.5, 0.6) is 0 Å². The van der Waals surface area contributed by atoms with Gasteiger partial charge in [0, 0.05) is 17.8 Å². The number of carboxylic acids is 1. The number of aliphatic hydroxyl groups excluding tert-OH is 1. The third-order valence-electron chi connectivity index (χ3n) is 4.84. The van der Waals surface area contributed by atoms with Gasteiger partial charge in [-0.1, -0.05) is 51.8 Å². The minimum atomic E-state index is -1.44. The molecule has 0 radical (unpaired) electrons. The van der Waals surface area contributed by atoms with Crippen molar-refractivity contribution in [3.8, 4) is 0 Å². The summed E-state index contributed by atoms with van der Waals surface area (Å²) < 4.78 is 0. The van der Waals surface area contributed by atoms with Gasteiger partial charge in [0.2, 0.25) is 0 Å². The van der Waals surface area contributed by atoms with Crippen molar-refractivity contribution in [1.82, 2.24) is 0 Å². The second-order valence-corrected chi connectivity index (χ2v) is 6.98. The summed E-state index contributed by atoms with van der Waals surface area (Å²) in [5.41, 5.74) is 4.09. The van der Waals surface area contributed by atoms with Gasteiger partial charge in [0.1, 0.15) is 0 Å². The van der Waals surface area contributed by atoms with Gasteiger partial charge < -0.3 is 10.2 Å². The second kappa shape index (κ2) is 11.7. The number of hydrogen-bond donors (Lipinski definition) is 2. The molecule has 0 amide bonds. The van der Waals surface area contributed by atoms with Crippen molar-refractivity contribution in [2.45, 2.75) is 65.4 Å². The molecule has 26 heavy (non-hydrogen) atoms. The van der Waals surface area contributed by atoms with Gasteiger partial charge in [0.05, 0.1) is 0 Å². The lowest BCUT2D eigenvalue weighted by Gasteiger charge is -2.16. The Labute approximate surface area is 157 Å². The Balaban J connectivity index is 2.76. The predicted molar refractivity (Wildman–Crippen MR) is 104 cm³/mol. The first kappa shape index (κ1) is 22.1. The minimum Gasteiger partial charge on any atom is -0.479 e. The van der Waals surface area contributed by atoms with Crippen molar-refractivity contribution in [2.75, 3.05) is 0 Å². The van der Waals surface area contributed by atoms with Crippen LogP contribution in [0.1, 0.15) is 59.3 Å². The zero-order chi connectivity index (χ0) is 19.5. The Bertz CT molecular complexity index is 593. The number of ketones is 1. The molecule has 0 heterocycles. The highest BCUT2D eigenvalue weighted by molar-refractivity contribution is 5.95. The van der Waals surface area contributed by atoms with Crippen LogP contribution in [0.3, 0.4) is 0 Å². The number of hydrogen-bond acceptors (Lipinski definition) is 3. The Morgan fingerprint density at radius 2 is 2.08 bits per heavy atom. The standard InChI is InChI=1S/C22H32O4/c1-4-6-7-8-9-10-18-13-14-20(23)19(18)15-17(5-2)12-11-16(3)21(24)22(25)26/h9-11,13-14,16,18-19,21,24H,4-8,15H2,1-3H3,(H,25,26)/t12?,16?,18-,19+,21?/m0/s1. The molecule has 0 aromatic heterocycles. The largest absolute Gasteiger partial charge is 0.479 e. The summed E-state index contributed by atoms with van der Waals surface area (Å²) >= 11 is 0. The summed E-state index contributed by atoms with van der Waals surface area (Å²) in [6.07, 6.45) is 14.1. The Kier molecular flexibility index (Phi) is 9.93. The van der Waals surface area contributed by atoms with Gasteiger partial charge in [-0.2, -0.15) is 0 Å². The molecule has 4 nitrogen and oxygen atoms in total. The van der Waals surface area contributed by atoms with Crippen LogP contribution in [-0.2, 0) is 9.59 Å². The maximum absolute atomic E-state index is 12.2. The lowest BCUT2D eigenvalue weighted by atomic mass is 9.87. The summed E-state index contributed by atoms with van der Waals surface area (Å²) in [6, 6.07) is 0. The SMILES string of the molecule is CCCCCC=C[C@H]1C=CC(=O)[C@@H]1CC(=C=CC(C)C(O)C(=O)O)CC. The lowest BCUT2D eigenvalue weighted by Crippen LogP contribution is -2.25. The van der Waals surface area contributed by atoms with Crippen molar-refractivity contribution in [3.05, 3.63) is 41.7 Å². The number of unbranched alkanes of at least 4 members (excludes halogenated alkanes) is 3. The van der Waals surface area contributed by atoms with Crippen LogP contribution in [0.2, 0.25) is 0 Å². The molecule has 0 bridgehead atoms. The molecule has 0 aromatic carbocycles. The molecule has 0 saturated heterocycles. The van der Waals surface area contributed by atoms with Crippen LogP contribution in [0.25, 0.3) is 0 Å². The third-order valence-corrected chi connectivity index (χ3v) is 4.84. The third kappa shape index (κ3) is 7.15. The van der Waals surface area contributed by atoms with E-state index in [-0.39, 0.29) is 17.6 Å². The molecular weight excluding hydrogens is 328 g/mol. The van der Waals surface area contributed by atoms with Crippen molar-refractivity contribution in [1.29, 1.82) is 0 Å². The quantitative estimate of drug-likeness (QED) is 0.324. The summed E-state index contributed by atoms with van der Waals surface area (Å²) in [4.78, 5) is 23.0. The summed E-state index contributed by atoms with van der Waals surface area (Å²) in [6.45, 7) is 5.82. The molecule has 2 N–H and O–H groups in total. The monoisotopic (exact) mass is 360 g/mol. The van der Waals surface area contributed by atoms with E-state index in [0.717, 1.165) is 18.4 Å². The molecular formula is C22H32O4. The van der Waals surface area contributed by atoms with Gasteiger partial charge in [0.25, 0.3) is 0 Å². The van der Waals surface area contributed by atoms with E-state index < -0.39 is 18.0 Å². The van der Waals surface area contributed by atoms with Gasteiger partial charge in [-0.15, -0.1) is 5.73 Å². The molecule has 144 valence electrons. The first-order valence-electron chi connectivity index (χ1n) is 9.64. The minimum absolute atomic E-state index is 0.104. The van der Waals surface area contributed by atoms with Crippen molar-refractivity contribution in [2.24, 2.45) is 17.8 Å². The smallest absolute Gasteiger partial charge is 0.333 e. The van der Waals surface area contributed by atoms with Crippen LogP contribution in [0.15, 0.2) is 41.7 Å². The van der Waals surface area contributed by atoms with Crippen molar-refractivity contribution in [3.63, 3.8) is 0 Å². The molecule has 2 unspecified atom stereocenters. The van der Waals surface area contributed by atoms with E-state index in [1.807, 2.05) is 13.0 Å². The van der Waals surface area contributed by atoms with Crippen LogP contribution < -0.4 is 0 Å². The number of carbonyl (C=O) groups is 2. The number of carboxylic acid groups (broad SMARTS) is 1. The van der Waals surface area contributed by atoms with E-state index in [0.29, 0.717) is 6.42 Å². The molecule has 1 aliphatic rings. The van der Waals surface area contributed by atoms with Crippen LogP contribution >= 0.6 is 0 Å². The average molecular weight is 360 g/mol. The number of rotatable bonds is 11. The lowest BCUT2D eigenvalue weighted by molar-refractivity contribution is -0.148. The zero-order valence-electron chi connectivity index (χ0n) is 16.1. The number of aliphatic hydroxyl groups is 1. The van der Waals surface area contributed by atoms with Crippen molar-refractivity contribution < 1.29 is 19.8 Å². The van der Waals surface area contributed by atoms with Gasteiger partial charge in [-0.3, -0.25) is 4.79 Å². The van der Waals surface area contributed by atoms with E-state index in [1.54, 1.807) is 19.1 Å². The molecule has 0 spiro atoms. The number of aliphatic carboxylic acids is 1. The molecule has 0 fully saturated rings. The first-order valence-corrected chi connectivity index (χ1v) is 9.64. The first-order chi connectivity index (χ1) is 12.4. The molecule has 4 atom stereocenters. The van der Waals surface area contributed by atoms with E-state index in [9.17, 15) is 14.7 Å².